The first-order chi connectivity index (χ1) is 15.7. The number of rotatable bonds is 5. The van der Waals surface area contributed by atoms with Gasteiger partial charge in [-0.2, -0.15) is 4.98 Å². The third-order valence-corrected chi connectivity index (χ3v) is 7.13. The number of likely N-dealkylation sites (tertiary alicyclic amines) is 1. The predicted molar refractivity (Wildman–Crippen MR) is 134 cm³/mol. The lowest BCUT2D eigenvalue weighted by atomic mass is 9.87. The van der Waals surface area contributed by atoms with Crippen LogP contribution in [-0.4, -0.2) is 34.0 Å². The number of piperidine rings is 1. The topological polar surface area (TPSA) is 71.3 Å². The molecule has 1 amide bonds. The minimum Gasteiger partial charge on any atom is -0.338 e. The number of carbonyl (C=O) groups is 1. The molecule has 3 aromatic rings. The maximum absolute atomic E-state index is 12.8. The second-order valence-electron chi connectivity index (χ2n) is 9.53. The number of hydrogen-bond donors (Lipinski definition) is 1. The van der Waals surface area contributed by atoms with Crippen molar-refractivity contribution in [2.24, 2.45) is 5.92 Å². The highest BCUT2D eigenvalue weighted by Gasteiger charge is 2.27. The van der Waals surface area contributed by atoms with Gasteiger partial charge in [-0.25, -0.2) is 0 Å². The molecular formula is C25H28BrClN4O2. The molecule has 0 radical (unpaired) electrons. The van der Waals surface area contributed by atoms with E-state index in [0.29, 0.717) is 35.5 Å². The lowest BCUT2D eigenvalue weighted by Gasteiger charge is -2.30. The van der Waals surface area contributed by atoms with Gasteiger partial charge in [-0.05, 0) is 64.5 Å². The molecular weight excluding hydrogens is 504 g/mol. The van der Waals surface area contributed by atoms with E-state index in [-0.39, 0.29) is 17.2 Å². The van der Waals surface area contributed by atoms with E-state index >= 15 is 0 Å². The summed E-state index contributed by atoms with van der Waals surface area (Å²) in [4.78, 5) is 19.6. The molecule has 174 valence electrons. The number of carbonyl (C=O) groups excluding carboxylic acids is 1. The zero-order valence-electron chi connectivity index (χ0n) is 19.1. The van der Waals surface area contributed by atoms with Crippen LogP contribution in [0.1, 0.15) is 45.1 Å². The largest absolute Gasteiger partial charge is 0.338 e. The third kappa shape index (κ3) is 6.02. The van der Waals surface area contributed by atoms with Crippen molar-refractivity contribution < 1.29 is 9.32 Å². The van der Waals surface area contributed by atoms with E-state index in [4.69, 9.17) is 16.1 Å². The molecule has 1 aromatic heterocycles. The lowest BCUT2D eigenvalue weighted by molar-refractivity contribution is -0.121. The normalized spacial score (nSPS) is 17.2. The monoisotopic (exact) mass is 530 g/mol. The summed E-state index contributed by atoms with van der Waals surface area (Å²) in [5.74, 6) is 1.05. The van der Waals surface area contributed by atoms with E-state index in [1.54, 1.807) is 6.07 Å². The number of benzene rings is 2. The Hall–Kier alpha value is -2.22. The van der Waals surface area contributed by atoms with E-state index in [1.807, 2.05) is 24.3 Å². The zero-order chi connectivity index (χ0) is 23.6. The molecule has 4 rings (SSSR count). The van der Waals surface area contributed by atoms with Crippen molar-refractivity contribution in [1.29, 1.82) is 0 Å². The number of anilines is 1. The van der Waals surface area contributed by atoms with Crippen LogP contribution < -0.4 is 5.32 Å². The third-order valence-electron chi connectivity index (χ3n) is 5.90. The highest BCUT2D eigenvalue weighted by molar-refractivity contribution is 9.10. The standard InChI is InChI=1S/C25H28BrClN4O2/c1-25(2,3)18-8-6-16(7-9-18)23-29-22(33-30-23)15-31-12-4-5-17(14-31)24(32)28-19-10-11-20(26)21(27)13-19/h6-11,13,17H,4-5,12,14-15H2,1-3H3,(H,28,32). The van der Waals surface area contributed by atoms with Gasteiger partial charge in [0.1, 0.15) is 0 Å². The van der Waals surface area contributed by atoms with Crippen LogP contribution in [0.25, 0.3) is 11.4 Å². The van der Waals surface area contributed by atoms with Crippen LogP contribution in [0, 0.1) is 5.92 Å². The van der Waals surface area contributed by atoms with Gasteiger partial charge in [-0.3, -0.25) is 9.69 Å². The molecule has 0 spiro atoms. The highest BCUT2D eigenvalue weighted by Crippen LogP contribution is 2.28. The van der Waals surface area contributed by atoms with Gasteiger partial charge in [0.15, 0.2) is 0 Å². The molecule has 1 fully saturated rings. The Labute approximate surface area is 207 Å². The molecule has 0 saturated carbocycles. The molecule has 0 bridgehead atoms. The lowest BCUT2D eigenvalue weighted by Crippen LogP contribution is -2.40. The van der Waals surface area contributed by atoms with Crippen molar-refractivity contribution in [3.05, 3.63) is 63.4 Å². The second kappa shape index (κ2) is 9.95. The Balaban J connectivity index is 1.36. The number of halogens is 2. The summed E-state index contributed by atoms with van der Waals surface area (Å²) in [5, 5.41) is 7.71. The van der Waals surface area contributed by atoms with Crippen molar-refractivity contribution >= 4 is 39.1 Å². The number of nitrogens with one attached hydrogen (secondary N) is 1. The van der Waals surface area contributed by atoms with E-state index < -0.39 is 0 Å². The fourth-order valence-electron chi connectivity index (χ4n) is 3.98. The van der Waals surface area contributed by atoms with Gasteiger partial charge < -0.3 is 9.84 Å². The maximum Gasteiger partial charge on any atom is 0.241 e. The SMILES string of the molecule is CC(C)(C)c1ccc(-c2noc(CN3CCCC(C(=O)Nc4ccc(Br)c(Cl)c4)C3)n2)cc1. The van der Waals surface area contributed by atoms with E-state index in [2.05, 4.69) is 69.2 Å². The van der Waals surface area contributed by atoms with Gasteiger partial charge in [-0.15, -0.1) is 0 Å². The Kier molecular flexibility index (Phi) is 7.22. The number of nitrogens with zero attached hydrogens (tertiary/aromatic N) is 3. The molecule has 1 atom stereocenters. The van der Waals surface area contributed by atoms with Crippen LogP contribution in [0.2, 0.25) is 5.02 Å². The summed E-state index contributed by atoms with van der Waals surface area (Å²) in [7, 11) is 0. The molecule has 2 heterocycles. The fourth-order valence-corrected chi connectivity index (χ4v) is 4.41. The molecule has 0 aliphatic carbocycles. The summed E-state index contributed by atoms with van der Waals surface area (Å²) in [6.07, 6.45) is 1.79. The van der Waals surface area contributed by atoms with Crippen molar-refractivity contribution in [3.8, 4) is 11.4 Å². The summed E-state index contributed by atoms with van der Waals surface area (Å²) in [6, 6.07) is 13.7. The molecule has 1 aliphatic heterocycles. The smallest absolute Gasteiger partial charge is 0.241 e. The molecule has 1 N–H and O–H groups in total. The minimum absolute atomic E-state index is 0.00300. The van der Waals surface area contributed by atoms with Gasteiger partial charge in [0.2, 0.25) is 17.6 Å². The summed E-state index contributed by atoms with van der Waals surface area (Å²) in [6.45, 7) is 8.64. The molecule has 1 saturated heterocycles. The van der Waals surface area contributed by atoms with Crippen LogP contribution in [0.5, 0.6) is 0 Å². The van der Waals surface area contributed by atoms with Crippen LogP contribution >= 0.6 is 27.5 Å². The Bertz CT molecular complexity index is 1120. The van der Waals surface area contributed by atoms with Crippen molar-refractivity contribution in [2.75, 3.05) is 18.4 Å². The number of amides is 1. The average molecular weight is 532 g/mol. The van der Waals surface area contributed by atoms with Crippen LogP contribution in [0.3, 0.4) is 0 Å². The molecule has 33 heavy (non-hydrogen) atoms. The van der Waals surface area contributed by atoms with Crippen LogP contribution in [0.15, 0.2) is 51.5 Å². The molecule has 1 unspecified atom stereocenters. The van der Waals surface area contributed by atoms with Gasteiger partial charge in [0.25, 0.3) is 0 Å². The fraction of sp³-hybridized carbons (Fsp3) is 0.400. The Morgan fingerprint density at radius 1 is 1.24 bits per heavy atom. The van der Waals surface area contributed by atoms with Gasteiger partial charge in [-0.1, -0.05) is 61.8 Å². The van der Waals surface area contributed by atoms with Crippen LogP contribution in [-0.2, 0) is 16.8 Å². The Morgan fingerprint density at radius 3 is 2.70 bits per heavy atom. The summed E-state index contributed by atoms with van der Waals surface area (Å²) in [5.41, 5.74) is 2.99. The van der Waals surface area contributed by atoms with Gasteiger partial charge >= 0.3 is 0 Å². The van der Waals surface area contributed by atoms with Gasteiger partial charge in [0.05, 0.1) is 17.5 Å². The molecule has 1 aliphatic rings. The minimum atomic E-state index is -0.103. The molecule has 8 heteroatoms. The summed E-state index contributed by atoms with van der Waals surface area (Å²) < 4.78 is 6.31. The first kappa shape index (κ1) is 23.9. The first-order valence-corrected chi connectivity index (χ1v) is 12.3. The van der Waals surface area contributed by atoms with Crippen LogP contribution in [0.4, 0.5) is 5.69 Å². The van der Waals surface area contributed by atoms with E-state index in [9.17, 15) is 4.79 Å². The first-order valence-electron chi connectivity index (χ1n) is 11.1. The predicted octanol–water partition coefficient (Wildman–Crippen LogP) is 6.30. The zero-order valence-corrected chi connectivity index (χ0v) is 21.4. The van der Waals surface area contributed by atoms with Crippen molar-refractivity contribution in [1.82, 2.24) is 15.0 Å². The molecule has 2 aromatic carbocycles. The van der Waals surface area contributed by atoms with E-state index in [1.165, 1.54) is 5.56 Å². The number of hydrogen-bond acceptors (Lipinski definition) is 5. The second-order valence-corrected chi connectivity index (χ2v) is 10.8. The molecule has 6 nitrogen and oxygen atoms in total. The Morgan fingerprint density at radius 2 is 2.00 bits per heavy atom. The number of aromatic nitrogens is 2. The average Bonchev–Trinajstić information content (AvgIpc) is 3.24. The highest BCUT2D eigenvalue weighted by atomic mass is 79.9. The van der Waals surface area contributed by atoms with E-state index in [0.717, 1.165) is 29.4 Å². The van der Waals surface area contributed by atoms with Gasteiger partial charge in [0, 0.05) is 22.3 Å². The van der Waals surface area contributed by atoms with Crippen molar-refractivity contribution in [2.45, 2.75) is 45.6 Å². The summed E-state index contributed by atoms with van der Waals surface area (Å²) >= 11 is 9.51. The maximum atomic E-state index is 12.8. The quantitative estimate of drug-likeness (QED) is 0.418. The van der Waals surface area contributed by atoms with Crippen molar-refractivity contribution in [3.63, 3.8) is 0 Å².